The van der Waals surface area contributed by atoms with Crippen LogP contribution in [0.25, 0.3) is 0 Å². The molecule has 1 N–H and O–H groups in total. The van der Waals surface area contributed by atoms with Crippen LogP contribution in [0.5, 0.6) is 5.75 Å². The molecule has 0 spiro atoms. The molecule has 0 fully saturated rings. The molecule has 2 rings (SSSR count). The van der Waals surface area contributed by atoms with Crippen LogP contribution in [0.15, 0.2) is 42.7 Å². The van der Waals surface area contributed by atoms with E-state index < -0.39 is 6.10 Å². The summed E-state index contributed by atoms with van der Waals surface area (Å²) >= 11 is 0. The van der Waals surface area contributed by atoms with Crippen molar-refractivity contribution in [2.45, 2.75) is 19.6 Å². The van der Waals surface area contributed by atoms with Crippen LogP contribution in [0.1, 0.15) is 24.4 Å². The number of rotatable bonds is 4. The SMILES string of the molecule is C[C@@H](O)c1cccc(OCc2ncccn2)c1. The van der Waals surface area contributed by atoms with Crippen molar-refractivity contribution >= 4 is 0 Å². The number of benzene rings is 1. The van der Waals surface area contributed by atoms with Gasteiger partial charge in [0.1, 0.15) is 12.4 Å². The second kappa shape index (κ2) is 5.41. The zero-order valence-electron chi connectivity index (χ0n) is 9.58. The Balaban J connectivity index is 2.02. The molecule has 0 radical (unpaired) electrons. The Labute approximate surface area is 99.9 Å². The molecule has 0 unspecified atom stereocenters. The number of nitrogens with zero attached hydrogens (tertiary/aromatic N) is 2. The summed E-state index contributed by atoms with van der Waals surface area (Å²) in [6.07, 6.45) is 2.86. The molecule has 88 valence electrons. The lowest BCUT2D eigenvalue weighted by atomic mass is 10.1. The summed E-state index contributed by atoms with van der Waals surface area (Å²) in [5.41, 5.74) is 0.830. The van der Waals surface area contributed by atoms with Crippen LogP contribution in [0.2, 0.25) is 0 Å². The molecule has 4 heteroatoms. The number of ether oxygens (including phenoxy) is 1. The Kier molecular flexibility index (Phi) is 3.67. The molecule has 1 atom stereocenters. The van der Waals surface area contributed by atoms with Crippen LogP contribution in [0.4, 0.5) is 0 Å². The quantitative estimate of drug-likeness (QED) is 0.874. The third kappa shape index (κ3) is 3.26. The average Bonchev–Trinajstić information content (AvgIpc) is 2.38. The predicted octanol–water partition coefficient (Wildman–Crippen LogP) is 2.11. The van der Waals surface area contributed by atoms with Gasteiger partial charge in [0.25, 0.3) is 0 Å². The molecule has 1 aromatic carbocycles. The molecule has 1 heterocycles. The maximum atomic E-state index is 9.45. The van der Waals surface area contributed by atoms with Crippen molar-refractivity contribution in [1.82, 2.24) is 9.97 Å². The van der Waals surface area contributed by atoms with Gasteiger partial charge in [0, 0.05) is 12.4 Å². The first-order chi connectivity index (χ1) is 8.25. The lowest BCUT2D eigenvalue weighted by Gasteiger charge is -2.08. The van der Waals surface area contributed by atoms with Crippen molar-refractivity contribution in [3.05, 3.63) is 54.1 Å². The molecular weight excluding hydrogens is 216 g/mol. The summed E-state index contributed by atoms with van der Waals surface area (Å²) < 4.78 is 5.55. The summed E-state index contributed by atoms with van der Waals surface area (Å²) in [4.78, 5) is 8.13. The molecule has 0 amide bonds. The topological polar surface area (TPSA) is 55.2 Å². The lowest BCUT2D eigenvalue weighted by Crippen LogP contribution is -2.01. The van der Waals surface area contributed by atoms with Gasteiger partial charge in [-0.1, -0.05) is 12.1 Å². The maximum absolute atomic E-state index is 9.45. The van der Waals surface area contributed by atoms with Crippen LogP contribution in [-0.4, -0.2) is 15.1 Å². The molecule has 0 aliphatic carbocycles. The monoisotopic (exact) mass is 230 g/mol. The molecule has 17 heavy (non-hydrogen) atoms. The highest BCUT2D eigenvalue weighted by Gasteiger charge is 2.03. The summed E-state index contributed by atoms with van der Waals surface area (Å²) in [6.45, 7) is 2.05. The molecule has 0 aliphatic heterocycles. The Morgan fingerprint density at radius 3 is 2.71 bits per heavy atom. The molecule has 0 bridgehead atoms. The third-order valence-corrected chi connectivity index (χ3v) is 2.33. The summed E-state index contributed by atoms with van der Waals surface area (Å²) in [7, 11) is 0. The second-order valence-corrected chi connectivity index (χ2v) is 3.70. The normalized spacial score (nSPS) is 12.1. The Hall–Kier alpha value is -1.94. The van der Waals surface area contributed by atoms with Crippen LogP contribution < -0.4 is 4.74 Å². The standard InChI is InChI=1S/C13H14N2O2/c1-10(16)11-4-2-5-12(8-11)17-9-13-14-6-3-7-15-13/h2-8,10,16H,9H2,1H3/t10-/m1/s1. The fourth-order valence-corrected chi connectivity index (χ4v) is 1.42. The van der Waals surface area contributed by atoms with E-state index in [9.17, 15) is 5.11 Å². The minimum atomic E-state index is -0.494. The fraction of sp³-hybridized carbons (Fsp3) is 0.231. The van der Waals surface area contributed by atoms with Gasteiger partial charge in [0.15, 0.2) is 5.82 Å². The van der Waals surface area contributed by atoms with Crippen molar-refractivity contribution in [1.29, 1.82) is 0 Å². The first-order valence-corrected chi connectivity index (χ1v) is 5.42. The van der Waals surface area contributed by atoms with E-state index in [1.807, 2.05) is 24.3 Å². The first-order valence-electron chi connectivity index (χ1n) is 5.42. The average molecular weight is 230 g/mol. The minimum absolute atomic E-state index is 0.324. The minimum Gasteiger partial charge on any atom is -0.486 e. The Bertz CT molecular complexity index is 472. The van der Waals surface area contributed by atoms with E-state index in [-0.39, 0.29) is 0 Å². The van der Waals surface area contributed by atoms with Gasteiger partial charge < -0.3 is 9.84 Å². The smallest absolute Gasteiger partial charge is 0.166 e. The van der Waals surface area contributed by atoms with Crippen molar-refractivity contribution in [3.8, 4) is 5.75 Å². The molecule has 4 nitrogen and oxygen atoms in total. The number of hydrogen-bond donors (Lipinski definition) is 1. The lowest BCUT2D eigenvalue weighted by molar-refractivity contribution is 0.198. The molecule has 0 aliphatic rings. The van der Waals surface area contributed by atoms with Crippen LogP contribution in [0, 0.1) is 0 Å². The van der Waals surface area contributed by atoms with E-state index in [4.69, 9.17) is 4.74 Å². The predicted molar refractivity (Wildman–Crippen MR) is 63.4 cm³/mol. The zero-order chi connectivity index (χ0) is 12.1. The van der Waals surface area contributed by atoms with Gasteiger partial charge in [0.2, 0.25) is 0 Å². The van der Waals surface area contributed by atoms with Gasteiger partial charge in [-0.15, -0.1) is 0 Å². The fourth-order valence-electron chi connectivity index (χ4n) is 1.42. The van der Waals surface area contributed by atoms with Crippen molar-refractivity contribution in [2.24, 2.45) is 0 Å². The van der Waals surface area contributed by atoms with Gasteiger partial charge in [-0.3, -0.25) is 0 Å². The number of aromatic nitrogens is 2. The largest absolute Gasteiger partial charge is 0.486 e. The number of aliphatic hydroxyl groups excluding tert-OH is 1. The molecule has 0 saturated carbocycles. The van der Waals surface area contributed by atoms with Gasteiger partial charge >= 0.3 is 0 Å². The highest BCUT2D eigenvalue weighted by atomic mass is 16.5. The molecular formula is C13H14N2O2. The van der Waals surface area contributed by atoms with Crippen molar-refractivity contribution < 1.29 is 9.84 Å². The molecule has 2 aromatic rings. The van der Waals surface area contributed by atoms with Crippen LogP contribution >= 0.6 is 0 Å². The van der Waals surface area contributed by atoms with E-state index in [1.54, 1.807) is 25.4 Å². The van der Waals surface area contributed by atoms with Gasteiger partial charge in [0.05, 0.1) is 6.10 Å². The first kappa shape index (κ1) is 11.5. The maximum Gasteiger partial charge on any atom is 0.166 e. The van der Waals surface area contributed by atoms with Crippen LogP contribution in [-0.2, 0) is 6.61 Å². The highest BCUT2D eigenvalue weighted by Crippen LogP contribution is 2.19. The van der Waals surface area contributed by atoms with E-state index in [0.29, 0.717) is 18.2 Å². The van der Waals surface area contributed by atoms with Crippen LogP contribution in [0.3, 0.4) is 0 Å². The number of hydrogen-bond acceptors (Lipinski definition) is 4. The Morgan fingerprint density at radius 1 is 1.24 bits per heavy atom. The van der Waals surface area contributed by atoms with E-state index in [1.165, 1.54) is 0 Å². The Morgan fingerprint density at radius 2 is 2.00 bits per heavy atom. The molecule has 0 saturated heterocycles. The summed E-state index contributed by atoms with van der Waals surface area (Å²) in [5.74, 6) is 1.34. The van der Waals surface area contributed by atoms with Gasteiger partial charge in [-0.05, 0) is 30.7 Å². The van der Waals surface area contributed by atoms with E-state index >= 15 is 0 Å². The summed E-state index contributed by atoms with van der Waals surface area (Å²) in [6, 6.07) is 9.12. The summed E-state index contributed by atoms with van der Waals surface area (Å²) in [5, 5.41) is 9.45. The second-order valence-electron chi connectivity index (χ2n) is 3.70. The zero-order valence-corrected chi connectivity index (χ0v) is 9.58. The van der Waals surface area contributed by atoms with E-state index in [0.717, 1.165) is 5.56 Å². The van der Waals surface area contributed by atoms with Crippen molar-refractivity contribution in [3.63, 3.8) is 0 Å². The number of aliphatic hydroxyl groups is 1. The van der Waals surface area contributed by atoms with Gasteiger partial charge in [-0.2, -0.15) is 0 Å². The highest BCUT2D eigenvalue weighted by molar-refractivity contribution is 5.29. The van der Waals surface area contributed by atoms with Gasteiger partial charge in [-0.25, -0.2) is 9.97 Å². The molecule has 1 aromatic heterocycles. The third-order valence-electron chi connectivity index (χ3n) is 2.33. The van der Waals surface area contributed by atoms with Crippen molar-refractivity contribution in [2.75, 3.05) is 0 Å². The van der Waals surface area contributed by atoms with E-state index in [2.05, 4.69) is 9.97 Å².